The highest BCUT2D eigenvalue weighted by atomic mass is 32.2. The van der Waals surface area contributed by atoms with Gasteiger partial charge < -0.3 is 9.26 Å². The van der Waals surface area contributed by atoms with Crippen molar-refractivity contribution in [2.45, 2.75) is 19.4 Å². The number of nitrogens with zero attached hydrogens (tertiary/aromatic N) is 1. The van der Waals surface area contributed by atoms with E-state index in [4.69, 9.17) is 9.26 Å². The zero-order valence-electron chi connectivity index (χ0n) is 9.93. The molecule has 0 spiro atoms. The first-order chi connectivity index (χ1) is 7.48. The van der Waals surface area contributed by atoms with Crippen molar-refractivity contribution in [1.82, 2.24) is 4.67 Å². The van der Waals surface area contributed by atoms with Crippen molar-refractivity contribution < 1.29 is 13.8 Å². The van der Waals surface area contributed by atoms with Gasteiger partial charge in [0.25, 0.3) is 7.52 Å². The molecule has 0 radical (unpaired) electrons. The predicted molar refractivity (Wildman–Crippen MR) is 66.8 cm³/mol. The Morgan fingerprint density at radius 2 is 2.06 bits per heavy atom. The van der Waals surface area contributed by atoms with Gasteiger partial charge in [0.15, 0.2) is 0 Å². The summed E-state index contributed by atoms with van der Waals surface area (Å²) in [6.45, 7) is 6.58. The van der Waals surface area contributed by atoms with Gasteiger partial charge in [-0.3, -0.25) is 4.57 Å². The molecule has 2 aliphatic rings. The number of morpholine rings is 1. The maximum Gasteiger partial charge on any atom is 0.297 e. The summed E-state index contributed by atoms with van der Waals surface area (Å²) in [7, 11) is -2.77. The second-order valence-corrected chi connectivity index (χ2v) is 7.41. The molecule has 0 saturated carbocycles. The maximum atomic E-state index is 12.7. The molecule has 0 N–H and O–H groups in total. The van der Waals surface area contributed by atoms with Gasteiger partial charge >= 0.3 is 0 Å². The molecule has 0 aromatic carbocycles. The third-order valence-electron chi connectivity index (χ3n) is 2.83. The molecule has 92 valence electrons. The van der Waals surface area contributed by atoms with Gasteiger partial charge in [-0.1, -0.05) is 0 Å². The van der Waals surface area contributed by atoms with Gasteiger partial charge in [-0.15, -0.1) is 11.8 Å². The fraction of sp³-hybridized carbons (Fsp3) is 0.800. The summed E-state index contributed by atoms with van der Waals surface area (Å²) in [6, 6.07) is 0. The molecule has 4 nitrogen and oxygen atoms in total. The van der Waals surface area contributed by atoms with Crippen LogP contribution in [-0.4, -0.2) is 42.8 Å². The number of ether oxygens (including phenoxy) is 1. The van der Waals surface area contributed by atoms with Gasteiger partial charge in [-0.2, -0.15) is 0 Å². The summed E-state index contributed by atoms with van der Waals surface area (Å²) < 4.78 is 25.7. The van der Waals surface area contributed by atoms with Crippen LogP contribution < -0.4 is 0 Å². The van der Waals surface area contributed by atoms with Crippen molar-refractivity contribution in [1.29, 1.82) is 0 Å². The smallest absolute Gasteiger partial charge is 0.297 e. The molecule has 1 atom stereocenters. The minimum absolute atomic E-state index is 0.423. The molecule has 0 aliphatic carbocycles. The highest BCUT2D eigenvalue weighted by molar-refractivity contribution is 8.02. The van der Waals surface area contributed by atoms with Crippen molar-refractivity contribution in [3.8, 4) is 0 Å². The third-order valence-corrected chi connectivity index (χ3v) is 6.55. The summed E-state index contributed by atoms with van der Waals surface area (Å²) in [5.74, 6) is 1.82. The van der Waals surface area contributed by atoms with Gasteiger partial charge in [0.1, 0.15) is 5.60 Å². The lowest BCUT2D eigenvalue weighted by molar-refractivity contribution is 0.0596. The van der Waals surface area contributed by atoms with Crippen LogP contribution in [0.2, 0.25) is 0 Å². The van der Waals surface area contributed by atoms with Crippen molar-refractivity contribution in [3.05, 3.63) is 10.7 Å². The first-order valence-corrected chi connectivity index (χ1v) is 8.26. The molecule has 1 fully saturated rings. The van der Waals surface area contributed by atoms with Crippen molar-refractivity contribution in [3.63, 3.8) is 0 Å². The standard InChI is InChI=1S/C10H18NO3PS/c1-10(2)9(16-3)8-15(12,14-10)11-4-6-13-7-5-11/h8H,4-7H2,1-3H3. The molecular formula is C10H18NO3PS. The molecular weight excluding hydrogens is 245 g/mol. The number of thioether (sulfide) groups is 1. The van der Waals surface area contributed by atoms with Crippen LogP contribution in [0.15, 0.2) is 10.7 Å². The second-order valence-electron chi connectivity index (χ2n) is 4.43. The van der Waals surface area contributed by atoms with Gasteiger partial charge in [0.2, 0.25) is 0 Å². The first-order valence-electron chi connectivity index (χ1n) is 5.39. The van der Waals surface area contributed by atoms with E-state index in [1.165, 1.54) is 0 Å². The summed E-state index contributed by atoms with van der Waals surface area (Å²) in [5, 5.41) is 0. The molecule has 6 heteroatoms. The molecule has 1 unspecified atom stereocenters. The lowest BCUT2D eigenvalue weighted by Crippen LogP contribution is -2.34. The highest BCUT2D eigenvalue weighted by Crippen LogP contribution is 2.63. The molecule has 2 rings (SSSR count). The SMILES string of the molecule is CSC1=CP(=O)(N2CCOCC2)OC1(C)C. The van der Waals surface area contributed by atoms with Gasteiger partial charge in [-0.05, 0) is 20.1 Å². The molecule has 16 heavy (non-hydrogen) atoms. The van der Waals surface area contributed by atoms with E-state index in [1.807, 2.05) is 30.6 Å². The average molecular weight is 263 g/mol. The summed E-state index contributed by atoms with van der Waals surface area (Å²) in [5.41, 5.74) is -0.423. The van der Waals surface area contributed by atoms with Crippen LogP contribution in [0, 0.1) is 0 Å². The minimum atomic E-state index is -2.77. The molecule has 0 bridgehead atoms. The molecule has 0 aromatic rings. The summed E-state index contributed by atoms with van der Waals surface area (Å²) >= 11 is 1.61. The monoisotopic (exact) mass is 263 g/mol. The fourth-order valence-electron chi connectivity index (χ4n) is 1.97. The van der Waals surface area contributed by atoms with Crippen molar-refractivity contribution in [2.24, 2.45) is 0 Å². The van der Waals surface area contributed by atoms with Gasteiger partial charge in [0.05, 0.1) is 13.2 Å². The van der Waals surface area contributed by atoms with E-state index < -0.39 is 13.1 Å². The Kier molecular flexibility index (Phi) is 3.53. The number of rotatable bonds is 2. The van der Waals surface area contributed by atoms with Crippen LogP contribution in [-0.2, 0) is 13.8 Å². The first kappa shape index (κ1) is 12.7. The molecule has 0 aromatic heterocycles. The lowest BCUT2D eigenvalue weighted by atomic mass is 10.1. The van der Waals surface area contributed by atoms with Crippen molar-refractivity contribution in [2.75, 3.05) is 32.6 Å². The minimum Gasteiger partial charge on any atom is -0.379 e. The zero-order valence-corrected chi connectivity index (χ0v) is 11.6. The summed E-state index contributed by atoms with van der Waals surface area (Å²) in [4.78, 5) is 1.06. The summed E-state index contributed by atoms with van der Waals surface area (Å²) in [6.07, 6.45) is 1.99. The van der Waals surface area contributed by atoms with Crippen LogP contribution in [0.1, 0.15) is 13.8 Å². The van der Waals surface area contributed by atoms with E-state index in [9.17, 15) is 4.57 Å². The maximum absolute atomic E-state index is 12.7. The Bertz CT molecular complexity index is 350. The van der Waals surface area contributed by atoms with Gasteiger partial charge in [0, 0.05) is 23.8 Å². The second kappa shape index (κ2) is 4.46. The molecule has 1 saturated heterocycles. The lowest BCUT2D eigenvalue weighted by Gasteiger charge is -2.32. The van der Waals surface area contributed by atoms with Crippen LogP contribution in [0.5, 0.6) is 0 Å². The molecule has 2 heterocycles. The highest BCUT2D eigenvalue weighted by Gasteiger charge is 2.45. The molecule has 0 amide bonds. The third kappa shape index (κ3) is 2.24. The van der Waals surface area contributed by atoms with E-state index in [-0.39, 0.29) is 0 Å². The normalized spacial score (nSPS) is 35.1. The van der Waals surface area contributed by atoms with Gasteiger partial charge in [-0.25, -0.2) is 4.67 Å². The number of hydrogen-bond donors (Lipinski definition) is 0. The number of hydrogen-bond acceptors (Lipinski definition) is 4. The van der Waals surface area contributed by atoms with Crippen LogP contribution in [0.4, 0.5) is 0 Å². The average Bonchev–Trinajstić information content (AvgIpc) is 2.51. The Balaban J connectivity index is 2.21. The van der Waals surface area contributed by atoms with E-state index in [0.29, 0.717) is 26.3 Å². The van der Waals surface area contributed by atoms with E-state index >= 15 is 0 Å². The zero-order chi connectivity index (χ0) is 11.8. The Morgan fingerprint density at radius 3 is 2.56 bits per heavy atom. The molecule has 2 aliphatic heterocycles. The quantitative estimate of drug-likeness (QED) is 0.716. The Labute approximate surface area is 101 Å². The van der Waals surface area contributed by atoms with E-state index in [0.717, 1.165) is 4.91 Å². The topological polar surface area (TPSA) is 38.8 Å². The largest absolute Gasteiger partial charge is 0.379 e. The van der Waals surface area contributed by atoms with Crippen LogP contribution in [0.3, 0.4) is 0 Å². The van der Waals surface area contributed by atoms with E-state index in [2.05, 4.69) is 0 Å². The van der Waals surface area contributed by atoms with Crippen LogP contribution >= 0.6 is 19.3 Å². The Hall–Kier alpha value is 0.200. The Morgan fingerprint density at radius 1 is 1.44 bits per heavy atom. The van der Waals surface area contributed by atoms with Crippen LogP contribution in [0.25, 0.3) is 0 Å². The van der Waals surface area contributed by atoms with E-state index in [1.54, 1.807) is 11.8 Å². The van der Waals surface area contributed by atoms with Crippen molar-refractivity contribution >= 4 is 19.3 Å². The predicted octanol–water partition coefficient (Wildman–Crippen LogP) is 2.52. The fourth-order valence-corrected chi connectivity index (χ4v) is 5.80.